The first-order valence-electron chi connectivity index (χ1n) is 5.18. The summed E-state index contributed by atoms with van der Waals surface area (Å²) in [6.07, 6.45) is 9.14. The molecule has 0 amide bonds. The van der Waals surface area contributed by atoms with Crippen LogP contribution in [0.15, 0.2) is 36.0 Å². The predicted octanol–water partition coefficient (Wildman–Crippen LogP) is 4.11. The first kappa shape index (κ1) is 10.3. The van der Waals surface area contributed by atoms with E-state index >= 15 is 0 Å². The van der Waals surface area contributed by atoms with Crippen molar-refractivity contribution in [3.63, 3.8) is 0 Å². The Kier molecular flexibility index (Phi) is 3.53. The summed E-state index contributed by atoms with van der Waals surface area (Å²) in [7, 11) is 0. The van der Waals surface area contributed by atoms with Crippen molar-refractivity contribution in [3.05, 3.63) is 36.0 Å². The molecule has 0 radical (unpaired) electrons. The van der Waals surface area contributed by atoms with E-state index in [1.165, 1.54) is 18.4 Å². The van der Waals surface area contributed by atoms with Gasteiger partial charge in [0, 0.05) is 0 Å². The second-order valence-electron chi connectivity index (χ2n) is 4.06. The molecule has 0 N–H and O–H groups in total. The summed E-state index contributed by atoms with van der Waals surface area (Å²) >= 11 is 0. The lowest BCUT2D eigenvalue weighted by Crippen LogP contribution is -2.07. The van der Waals surface area contributed by atoms with Crippen LogP contribution in [-0.2, 0) is 0 Å². The minimum absolute atomic E-state index is 0.589. The van der Waals surface area contributed by atoms with Crippen molar-refractivity contribution in [2.45, 2.75) is 33.6 Å². The molecule has 0 spiro atoms. The zero-order valence-corrected chi connectivity index (χ0v) is 9.01. The molecule has 0 aliphatic heterocycles. The van der Waals surface area contributed by atoms with Gasteiger partial charge in [-0.15, -0.1) is 6.58 Å². The smallest absolute Gasteiger partial charge is 0.00251 e. The van der Waals surface area contributed by atoms with Gasteiger partial charge in [-0.25, -0.2) is 0 Å². The highest BCUT2D eigenvalue weighted by Crippen LogP contribution is 2.29. The van der Waals surface area contributed by atoms with Crippen LogP contribution >= 0.6 is 0 Å². The van der Waals surface area contributed by atoms with Crippen molar-refractivity contribution in [2.75, 3.05) is 0 Å². The third-order valence-corrected chi connectivity index (χ3v) is 2.72. The van der Waals surface area contributed by atoms with E-state index in [1.807, 2.05) is 0 Å². The van der Waals surface area contributed by atoms with Crippen LogP contribution in [0.3, 0.4) is 0 Å². The van der Waals surface area contributed by atoms with Crippen molar-refractivity contribution in [2.24, 2.45) is 11.8 Å². The summed E-state index contributed by atoms with van der Waals surface area (Å²) < 4.78 is 0. The fourth-order valence-corrected chi connectivity index (χ4v) is 2.12. The maximum Gasteiger partial charge on any atom is -0.00251 e. The molecule has 1 aliphatic carbocycles. The molecule has 2 atom stereocenters. The average molecular weight is 176 g/mol. The van der Waals surface area contributed by atoms with Gasteiger partial charge in [0.25, 0.3) is 0 Å². The number of rotatable bonds is 3. The first-order chi connectivity index (χ1) is 6.17. The number of hydrogen-bond acceptors (Lipinski definition) is 0. The second kappa shape index (κ2) is 4.45. The minimum Gasteiger partial charge on any atom is -0.102 e. The standard InChI is InChI=1S/C13H20/c1-5-12(6-2)13-8-10(3)7-11(4)9-13/h5,7-8,11-12H,1,6,9H2,2-4H3. The highest BCUT2D eigenvalue weighted by molar-refractivity contribution is 5.30. The fraction of sp³-hybridized carbons (Fsp3) is 0.538. The lowest BCUT2D eigenvalue weighted by Gasteiger charge is -2.22. The molecule has 0 bridgehead atoms. The van der Waals surface area contributed by atoms with E-state index in [4.69, 9.17) is 0 Å². The maximum absolute atomic E-state index is 3.90. The fourth-order valence-electron chi connectivity index (χ4n) is 2.12. The van der Waals surface area contributed by atoms with Crippen LogP contribution in [0, 0.1) is 11.8 Å². The van der Waals surface area contributed by atoms with Crippen LogP contribution in [0.5, 0.6) is 0 Å². The second-order valence-corrected chi connectivity index (χ2v) is 4.06. The SMILES string of the molecule is C=CC(CC)C1=CC(C)=CC(C)C1. The molecule has 0 saturated carbocycles. The van der Waals surface area contributed by atoms with Crippen molar-refractivity contribution in [1.82, 2.24) is 0 Å². The molecule has 2 unspecified atom stereocenters. The molecule has 0 heterocycles. The van der Waals surface area contributed by atoms with Crippen LogP contribution in [-0.4, -0.2) is 0 Å². The van der Waals surface area contributed by atoms with E-state index in [-0.39, 0.29) is 0 Å². The zero-order valence-electron chi connectivity index (χ0n) is 9.01. The lowest BCUT2D eigenvalue weighted by molar-refractivity contribution is 0.610. The molecule has 0 aromatic heterocycles. The molecule has 0 heteroatoms. The van der Waals surface area contributed by atoms with Gasteiger partial charge in [-0.2, -0.15) is 0 Å². The van der Waals surface area contributed by atoms with Gasteiger partial charge in [-0.1, -0.05) is 43.2 Å². The number of hydrogen-bond donors (Lipinski definition) is 0. The molecule has 1 rings (SSSR count). The van der Waals surface area contributed by atoms with Crippen molar-refractivity contribution < 1.29 is 0 Å². The average Bonchev–Trinajstić information content (AvgIpc) is 2.04. The molecule has 0 fully saturated rings. The molecule has 0 aromatic carbocycles. The molecular formula is C13H20. The van der Waals surface area contributed by atoms with Gasteiger partial charge in [0.2, 0.25) is 0 Å². The van der Waals surface area contributed by atoms with Gasteiger partial charge in [-0.3, -0.25) is 0 Å². The maximum atomic E-state index is 3.90. The highest BCUT2D eigenvalue weighted by Gasteiger charge is 2.14. The summed E-state index contributed by atoms with van der Waals surface area (Å²) in [5.74, 6) is 1.29. The summed E-state index contributed by atoms with van der Waals surface area (Å²) in [6.45, 7) is 10.6. The molecule has 0 aromatic rings. The van der Waals surface area contributed by atoms with Crippen molar-refractivity contribution in [3.8, 4) is 0 Å². The predicted molar refractivity (Wildman–Crippen MR) is 59.6 cm³/mol. The van der Waals surface area contributed by atoms with Crippen LogP contribution in [0.2, 0.25) is 0 Å². The molecular weight excluding hydrogens is 156 g/mol. The summed E-state index contributed by atoms with van der Waals surface area (Å²) in [5.41, 5.74) is 2.97. The van der Waals surface area contributed by atoms with Crippen molar-refractivity contribution >= 4 is 0 Å². The van der Waals surface area contributed by atoms with Crippen molar-refractivity contribution in [1.29, 1.82) is 0 Å². The molecule has 13 heavy (non-hydrogen) atoms. The van der Waals surface area contributed by atoms with Crippen LogP contribution in [0.1, 0.15) is 33.6 Å². The molecule has 1 aliphatic rings. The Hall–Kier alpha value is -0.780. The molecule has 0 saturated heterocycles. The zero-order chi connectivity index (χ0) is 9.84. The van der Waals surface area contributed by atoms with E-state index in [2.05, 4.69) is 45.6 Å². The Labute approximate surface area is 82.0 Å². The molecule has 72 valence electrons. The largest absolute Gasteiger partial charge is 0.102 e. The Morgan fingerprint density at radius 2 is 2.38 bits per heavy atom. The van der Waals surface area contributed by atoms with Gasteiger partial charge >= 0.3 is 0 Å². The monoisotopic (exact) mass is 176 g/mol. The van der Waals surface area contributed by atoms with E-state index in [0.29, 0.717) is 11.8 Å². The van der Waals surface area contributed by atoms with Crippen LogP contribution < -0.4 is 0 Å². The van der Waals surface area contributed by atoms with Gasteiger partial charge in [0.15, 0.2) is 0 Å². The topological polar surface area (TPSA) is 0 Å². The first-order valence-corrected chi connectivity index (χ1v) is 5.18. The van der Waals surface area contributed by atoms with Crippen LogP contribution in [0.4, 0.5) is 0 Å². The molecule has 0 nitrogen and oxygen atoms in total. The quantitative estimate of drug-likeness (QED) is 0.568. The van der Waals surface area contributed by atoms with E-state index in [0.717, 1.165) is 0 Å². The minimum atomic E-state index is 0.589. The summed E-state index contributed by atoms with van der Waals surface area (Å²) in [4.78, 5) is 0. The van der Waals surface area contributed by atoms with Crippen LogP contribution in [0.25, 0.3) is 0 Å². The Morgan fingerprint density at radius 1 is 1.69 bits per heavy atom. The van der Waals surface area contributed by atoms with Gasteiger partial charge < -0.3 is 0 Å². The third kappa shape index (κ3) is 2.58. The van der Waals surface area contributed by atoms with E-state index < -0.39 is 0 Å². The van der Waals surface area contributed by atoms with Gasteiger partial charge in [0.05, 0.1) is 0 Å². The normalized spacial score (nSPS) is 24.7. The Bertz CT molecular complexity index is 243. The Morgan fingerprint density at radius 3 is 2.85 bits per heavy atom. The summed E-state index contributed by atoms with van der Waals surface area (Å²) in [5, 5.41) is 0. The van der Waals surface area contributed by atoms with Gasteiger partial charge in [0.1, 0.15) is 0 Å². The number of allylic oxidation sites excluding steroid dienone is 5. The van der Waals surface area contributed by atoms with Gasteiger partial charge in [-0.05, 0) is 31.6 Å². The highest BCUT2D eigenvalue weighted by atomic mass is 14.2. The van der Waals surface area contributed by atoms with E-state index in [1.54, 1.807) is 5.57 Å². The van der Waals surface area contributed by atoms with E-state index in [9.17, 15) is 0 Å². The Balaban J connectivity index is 2.80. The summed E-state index contributed by atoms with van der Waals surface area (Å²) in [6, 6.07) is 0. The third-order valence-electron chi connectivity index (χ3n) is 2.72. The lowest BCUT2D eigenvalue weighted by atomic mass is 9.84.